The lowest BCUT2D eigenvalue weighted by Gasteiger charge is -2.18. The highest BCUT2D eigenvalue weighted by atomic mass is 16.2. The zero-order valence-electron chi connectivity index (χ0n) is 17.4. The van der Waals surface area contributed by atoms with Crippen molar-refractivity contribution in [2.45, 2.75) is 33.6 Å². The molecule has 1 fully saturated rings. The summed E-state index contributed by atoms with van der Waals surface area (Å²) in [5.41, 5.74) is 5.22. The van der Waals surface area contributed by atoms with Crippen LogP contribution in [0.25, 0.3) is 10.9 Å². The van der Waals surface area contributed by atoms with Gasteiger partial charge in [0.2, 0.25) is 17.4 Å². The molecule has 3 aromatic rings. The van der Waals surface area contributed by atoms with Crippen molar-refractivity contribution in [2.75, 3.05) is 16.8 Å². The third-order valence-electron chi connectivity index (χ3n) is 5.88. The second kappa shape index (κ2) is 7.78. The normalized spacial score (nSPS) is 16.3. The van der Waals surface area contributed by atoms with E-state index in [-0.39, 0.29) is 23.8 Å². The molecule has 0 aliphatic carbocycles. The molecule has 0 saturated carbocycles. The predicted octanol–water partition coefficient (Wildman–Crippen LogP) is 3.70. The number of carbonyl (C=O) groups excluding carboxylic acids is 2. The highest BCUT2D eigenvalue weighted by Gasteiger charge is 2.35. The van der Waals surface area contributed by atoms with Gasteiger partial charge in [-0.25, -0.2) is 0 Å². The molecule has 1 aromatic heterocycles. The van der Waals surface area contributed by atoms with Crippen LogP contribution in [0.4, 0.5) is 11.4 Å². The summed E-state index contributed by atoms with van der Waals surface area (Å²) in [7, 11) is 0. The molecule has 2 amide bonds. The number of hydrogen-bond acceptors (Lipinski definition) is 3. The average molecular weight is 403 g/mol. The number of aryl methyl sites for hydroxylation is 3. The van der Waals surface area contributed by atoms with Crippen molar-refractivity contribution >= 4 is 34.1 Å². The van der Waals surface area contributed by atoms with Crippen LogP contribution in [0.1, 0.15) is 30.0 Å². The van der Waals surface area contributed by atoms with Crippen molar-refractivity contribution in [3.63, 3.8) is 0 Å². The Morgan fingerprint density at radius 3 is 2.63 bits per heavy atom. The second-order valence-electron chi connectivity index (χ2n) is 7.94. The lowest BCUT2D eigenvalue weighted by molar-refractivity contribution is -0.122. The molecule has 2 heterocycles. The van der Waals surface area contributed by atoms with Crippen LogP contribution in [-0.2, 0) is 16.0 Å². The van der Waals surface area contributed by atoms with Gasteiger partial charge in [-0.2, -0.15) is 0 Å². The molecular weight excluding hydrogens is 378 g/mol. The van der Waals surface area contributed by atoms with Crippen LogP contribution >= 0.6 is 0 Å². The van der Waals surface area contributed by atoms with Crippen molar-refractivity contribution in [3.05, 3.63) is 69.5 Å². The van der Waals surface area contributed by atoms with Gasteiger partial charge in [-0.05, 0) is 61.2 Å². The summed E-state index contributed by atoms with van der Waals surface area (Å²) in [6.07, 6.45) is 0.938. The monoisotopic (exact) mass is 403 g/mol. The quantitative estimate of drug-likeness (QED) is 0.697. The molecule has 6 nitrogen and oxygen atoms in total. The third kappa shape index (κ3) is 3.73. The van der Waals surface area contributed by atoms with Gasteiger partial charge in [-0.1, -0.05) is 19.1 Å². The number of anilines is 2. The second-order valence-corrected chi connectivity index (χ2v) is 7.94. The number of aromatic amines is 1. The maximum Gasteiger partial charge on any atom is 0.248 e. The number of hydrogen-bond donors (Lipinski definition) is 2. The van der Waals surface area contributed by atoms with Crippen LogP contribution in [0.2, 0.25) is 0 Å². The van der Waals surface area contributed by atoms with Crippen molar-refractivity contribution in [2.24, 2.45) is 5.92 Å². The molecule has 1 unspecified atom stereocenters. The number of benzene rings is 2. The topological polar surface area (TPSA) is 82.3 Å². The predicted molar refractivity (Wildman–Crippen MR) is 119 cm³/mol. The minimum atomic E-state index is -0.421. The molecule has 154 valence electrons. The molecule has 30 heavy (non-hydrogen) atoms. The van der Waals surface area contributed by atoms with E-state index >= 15 is 0 Å². The van der Waals surface area contributed by atoms with Crippen LogP contribution in [-0.4, -0.2) is 23.3 Å². The van der Waals surface area contributed by atoms with Crippen molar-refractivity contribution in [1.29, 1.82) is 0 Å². The van der Waals surface area contributed by atoms with Gasteiger partial charge in [0.25, 0.3) is 0 Å². The van der Waals surface area contributed by atoms with Gasteiger partial charge in [-0.15, -0.1) is 0 Å². The van der Waals surface area contributed by atoms with Gasteiger partial charge in [-0.3, -0.25) is 14.4 Å². The number of rotatable bonds is 4. The van der Waals surface area contributed by atoms with Crippen LogP contribution in [0.3, 0.4) is 0 Å². The molecule has 1 saturated heterocycles. The Morgan fingerprint density at radius 1 is 1.10 bits per heavy atom. The van der Waals surface area contributed by atoms with E-state index in [2.05, 4.69) is 10.3 Å². The fraction of sp³-hybridized carbons (Fsp3) is 0.292. The number of H-pyrrole nitrogens is 1. The Balaban J connectivity index is 1.52. The van der Waals surface area contributed by atoms with Crippen molar-refractivity contribution in [1.82, 2.24) is 4.98 Å². The van der Waals surface area contributed by atoms with Gasteiger partial charge in [0.1, 0.15) is 0 Å². The SMILES string of the molecule is CCc1cc(=O)[nH]c2cc(NC(=O)C3CC(=O)N(c4ccc(C)c(C)c4)C3)ccc12. The van der Waals surface area contributed by atoms with Gasteiger partial charge in [0, 0.05) is 35.8 Å². The molecule has 1 atom stereocenters. The lowest BCUT2D eigenvalue weighted by Crippen LogP contribution is -2.28. The first-order chi connectivity index (χ1) is 14.4. The molecule has 0 radical (unpaired) electrons. The highest BCUT2D eigenvalue weighted by molar-refractivity contribution is 6.04. The first-order valence-corrected chi connectivity index (χ1v) is 10.2. The summed E-state index contributed by atoms with van der Waals surface area (Å²) in [4.78, 5) is 41.7. The Labute approximate surface area is 174 Å². The minimum absolute atomic E-state index is 0.0474. The molecule has 0 bridgehead atoms. The molecule has 4 rings (SSSR count). The van der Waals surface area contributed by atoms with E-state index in [0.29, 0.717) is 17.7 Å². The Morgan fingerprint density at radius 2 is 1.90 bits per heavy atom. The first-order valence-electron chi connectivity index (χ1n) is 10.2. The van der Waals surface area contributed by atoms with Crippen LogP contribution < -0.4 is 15.8 Å². The maximum absolute atomic E-state index is 12.8. The molecule has 2 N–H and O–H groups in total. The summed E-state index contributed by atoms with van der Waals surface area (Å²) in [5.74, 6) is -0.660. The van der Waals surface area contributed by atoms with E-state index in [4.69, 9.17) is 0 Å². The highest BCUT2D eigenvalue weighted by Crippen LogP contribution is 2.28. The Kier molecular flexibility index (Phi) is 5.16. The smallest absolute Gasteiger partial charge is 0.248 e. The minimum Gasteiger partial charge on any atom is -0.326 e. The lowest BCUT2D eigenvalue weighted by atomic mass is 10.1. The van der Waals surface area contributed by atoms with Gasteiger partial charge in [0.15, 0.2) is 0 Å². The van der Waals surface area contributed by atoms with E-state index in [1.165, 1.54) is 5.56 Å². The number of nitrogens with zero attached hydrogens (tertiary/aromatic N) is 1. The van der Waals surface area contributed by atoms with E-state index in [9.17, 15) is 14.4 Å². The van der Waals surface area contributed by atoms with E-state index in [1.54, 1.807) is 17.0 Å². The fourth-order valence-electron chi connectivity index (χ4n) is 3.97. The average Bonchev–Trinajstić information content (AvgIpc) is 3.11. The first kappa shape index (κ1) is 19.9. The van der Waals surface area contributed by atoms with Gasteiger partial charge < -0.3 is 15.2 Å². The standard InChI is InChI=1S/C24H25N3O3/c1-4-16-10-22(28)26-21-12-18(6-8-20(16)21)25-24(30)17-11-23(29)27(13-17)19-7-5-14(2)15(3)9-19/h5-10,12,17H,4,11,13H2,1-3H3,(H,25,30)(H,26,28). The van der Waals surface area contributed by atoms with Crippen molar-refractivity contribution < 1.29 is 9.59 Å². The van der Waals surface area contributed by atoms with Gasteiger partial charge >= 0.3 is 0 Å². The number of nitrogens with one attached hydrogen (secondary N) is 2. The van der Waals surface area contributed by atoms with E-state index < -0.39 is 5.92 Å². The van der Waals surface area contributed by atoms with Crippen LogP contribution in [0.15, 0.2) is 47.3 Å². The molecule has 2 aromatic carbocycles. The molecular formula is C24H25N3O3. The zero-order chi connectivity index (χ0) is 21.4. The summed E-state index contributed by atoms with van der Waals surface area (Å²) < 4.78 is 0. The molecule has 0 spiro atoms. The van der Waals surface area contributed by atoms with Crippen LogP contribution in [0.5, 0.6) is 0 Å². The number of carbonyl (C=O) groups is 2. The largest absolute Gasteiger partial charge is 0.326 e. The van der Waals surface area contributed by atoms with Gasteiger partial charge in [0.05, 0.1) is 11.4 Å². The van der Waals surface area contributed by atoms with Crippen molar-refractivity contribution in [3.8, 4) is 0 Å². The number of pyridine rings is 1. The molecule has 1 aliphatic heterocycles. The van der Waals surface area contributed by atoms with E-state index in [1.807, 2.05) is 51.1 Å². The number of fused-ring (bicyclic) bond motifs is 1. The molecule has 6 heteroatoms. The fourth-order valence-corrected chi connectivity index (χ4v) is 3.97. The van der Waals surface area contributed by atoms with E-state index in [0.717, 1.165) is 28.6 Å². The number of amides is 2. The van der Waals surface area contributed by atoms with Crippen LogP contribution in [0, 0.1) is 19.8 Å². The zero-order valence-corrected chi connectivity index (χ0v) is 17.4. The summed E-state index contributed by atoms with van der Waals surface area (Å²) in [5, 5.41) is 3.87. The Hall–Kier alpha value is -3.41. The Bertz CT molecular complexity index is 1210. The number of aromatic nitrogens is 1. The maximum atomic E-state index is 12.8. The summed E-state index contributed by atoms with van der Waals surface area (Å²) in [6.45, 7) is 6.40. The summed E-state index contributed by atoms with van der Waals surface area (Å²) >= 11 is 0. The summed E-state index contributed by atoms with van der Waals surface area (Å²) in [6, 6.07) is 13.0. The molecule has 1 aliphatic rings. The third-order valence-corrected chi connectivity index (χ3v) is 5.88.